The molecule has 0 saturated carbocycles. The van der Waals surface area contributed by atoms with Gasteiger partial charge in [-0.3, -0.25) is 31.5 Å². The van der Waals surface area contributed by atoms with Crippen molar-refractivity contribution in [3.05, 3.63) is 192 Å². The number of hydrogen-bond donors (Lipinski definition) is 6. The van der Waals surface area contributed by atoms with E-state index in [0.29, 0.717) is 40.9 Å². The highest BCUT2D eigenvalue weighted by Gasteiger charge is 2.19. The van der Waals surface area contributed by atoms with Crippen molar-refractivity contribution in [1.82, 2.24) is 39.4 Å². The van der Waals surface area contributed by atoms with Crippen LogP contribution in [0.15, 0.2) is 114 Å². The van der Waals surface area contributed by atoms with Crippen molar-refractivity contribution in [1.29, 1.82) is 10.5 Å². The predicted molar refractivity (Wildman–Crippen MR) is 377 cm³/mol. The van der Waals surface area contributed by atoms with Crippen LogP contribution in [0.1, 0.15) is 88.2 Å². The van der Waals surface area contributed by atoms with Crippen LogP contribution >= 0.6 is 28.6 Å². The zero-order valence-corrected chi connectivity index (χ0v) is 59.0. The summed E-state index contributed by atoms with van der Waals surface area (Å²) in [6.45, 7) is 24.8. The number of nitrogens with zero attached hydrogens (tertiary/aromatic N) is 8. The van der Waals surface area contributed by atoms with E-state index < -0.39 is 0 Å². The fourth-order valence-corrected chi connectivity index (χ4v) is 9.96. The molecule has 24 heteroatoms. The Labute approximate surface area is 564 Å². The second-order valence-corrected chi connectivity index (χ2v) is 21.3. The number of esters is 1. The zero-order valence-electron chi connectivity index (χ0n) is 56.5. The molecule has 0 aliphatic heterocycles. The van der Waals surface area contributed by atoms with E-state index in [1.54, 1.807) is 59.1 Å². The summed E-state index contributed by atoms with van der Waals surface area (Å²) in [6.07, 6.45) is 0.468. The van der Waals surface area contributed by atoms with Gasteiger partial charge in [0.25, 0.3) is 5.56 Å². The fraction of sp³-hybridized carbons (Fsp3) is 0.286. The van der Waals surface area contributed by atoms with Crippen LogP contribution in [0.2, 0.25) is 5.15 Å². The molecule has 22 nitrogen and oxygen atoms in total. The van der Waals surface area contributed by atoms with Crippen molar-refractivity contribution in [2.24, 2.45) is 11.7 Å². The number of H-pyrrole nitrogens is 2. The van der Waals surface area contributed by atoms with Gasteiger partial charge in [0.2, 0.25) is 0 Å². The van der Waals surface area contributed by atoms with Gasteiger partial charge in [0.1, 0.15) is 45.7 Å². The number of aromatic nitrogens is 8. The highest BCUT2D eigenvalue weighted by molar-refractivity contribution is 8.93. The fourth-order valence-electron chi connectivity index (χ4n) is 9.68. The molecule has 10 rings (SSSR count). The van der Waals surface area contributed by atoms with Gasteiger partial charge in [0.15, 0.2) is 17.1 Å². The predicted octanol–water partition coefficient (Wildman–Crippen LogP) is 13.7. The molecular weight excluding hydrogens is 1280 g/mol. The minimum absolute atomic E-state index is 0. The van der Waals surface area contributed by atoms with Gasteiger partial charge in [-0.1, -0.05) is 35.9 Å². The third-order valence-corrected chi connectivity index (χ3v) is 14.5. The standard InChI is InChI=1S/C16H16ClN3O.C16H17N3O2.C12H15N3O.C12H13NO2.C10H11NO.C4H8O2.BrH.H4N2/c1-9-7-12(21-4)5-6-13(9)15-11(3)19-20-14(17)8-10(2)18-16(15)20;1-9-7-12(21-4)5-6-13(9)15-11(3)18-19-14(20)8-10(2)17-16(15)19;1-7-6-9(16-3)4-5-10(7)11-8(2)14-15-12(11)13;1-8-6-10(15-3)4-5-11(8)12(7-13)9(2)14;1-8-7-10(12-2)4-3-9(8)5-6-11;1-3-6-4(2)5;;1-2/h5-8H,1-4H3;5-8,18H,1-4H3;4-6H,1-3H3,(H3,13,14,15);4-6,14H,1-3H3;3-4,7H,5H2,1-2H3;3H2,1-2H3;1H;1-2H2/b;;;12-9+;;;;. The van der Waals surface area contributed by atoms with Crippen molar-refractivity contribution < 1.29 is 38.3 Å². The first-order chi connectivity index (χ1) is 44.3. The molecule has 0 fully saturated rings. The maximum atomic E-state index is 12.1. The Morgan fingerprint density at radius 2 is 1.06 bits per heavy atom. The third kappa shape index (κ3) is 20.4. The first-order valence-corrected chi connectivity index (χ1v) is 29.5. The van der Waals surface area contributed by atoms with Gasteiger partial charge >= 0.3 is 5.97 Å². The number of methoxy groups -OCH3 is 5. The van der Waals surface area contributed by atoms with E-state index in [2.05, 4.69) is 59.8 Å². The maximum absolute atomic E-state index is 12.1. The molecule has 10 aromatic rings. The van der Waals surface area contributed by atoms with E-state index in [4.69, 9.17) is 51.5 Å². The number of aliphatic hydroxyl groups excluding tert-OH is 1. The molecule has 0 aliphatic carbocycles. The summed E-state index contributed by atoms with van der Waals surface area (Å²) in [7, 11) is 8.20. The number of hydrazine groups is 1. The number of nitriles is 2. The second-order valence-electron chi connectivity index (χ2n) is 20.9. The Morgan fingerprint density at radius 3 is 1.47 bits per heavy atom. The number of halogens is 2. The quantitative estimate of drug-likeness (QED) is 0.0175. The number of benzene rings is 5. The van der Waals surface area contributed by atoms with Gasteiger partial charge in [-0.25, -0.2) is 19.0 Å². The molecule has 0 bridgehead atoms. The van der Waals surface area contributed by atoms with Crippen LogP contribution in [0.25, 0.3) is 50.2 Å². The number of nitrogens with one attached hydrogen (secondary N) is 2. The molecule has 0 radical (unpaired) electrons. The van der Waals surface area contributed by atoms with Crippen LogP contribution in [0.5, 0.6) is 28.7 Å². The van der Waals surface area contributed by atoms with Crippen molar-refractivity contribution in [3.8, 4) is 74.3 Å². The maximum Gasteiger partial charge on any atom is 0.302 e. The van der Waals surface area contributed by atoms with Crippen LogP contribution in [0.4, 0.5) is 5.82 Å². The molecule has 5 aromatic carbocycles. The number of fused-ring (bicyclic) bond motifs is 2. The number of hydrogen-bond acceptors (Lipinski definition) is 18. The number of carbonyl (C=O) groups is 1. The number of nitrogen functional groups attached to an aromatic ring is 1. The van der Waals surface area contributed by atoms with Crippen LogP contribution in [0.3, 0.4) is 0 Å². The largest absolute Gasteiger partial charge is 0.511 e. The van der Waals surface area contributed by atoms with Crippen LogP contribution < -0.4 is 46.7 Å². The van der Waals surface area contributed by atoms with E-state index in [0.717, 1.165) is 129 Å². The number of allylic oxidation sites excluding steroid dienone is 2. The van der Waals surface area contributed by atoms with Gasteiger partial charge in [0, 0.05) is 52.5 Å². The molecule has 0 aliphatic rings. The lowest BCUT2D eigenvalue weighted by Crippen LogP contribution is -2.14. The van der Waals surface area contributed by atoms with Gasteiger partial charge in [-0.15, -0.1) is 17.0 Å². The molecule has 0 atom stereocenters. The number of carbonyl (C=O) groups excluding carboxylic acids is 1. The van der Waals surface area contributed by atoms with E-state index in [9.17, 15) is 14.7 Å². The summed E-state index contributed by atoms with van der Waals surface area (Å²) < 4.78 is 33.4. The lowest BCUT2D eigenvalue weighted by atomic mass is 10.0. The third-order valence-electron chi connectivity index (χ3n) is 14.2. The Balaban J connectivity index is 0.000000300. The Bertz CT molecular complexity index is 4360. The van der Waals surface area contributed by atoms with E-state index in [1.807, 2.05) is 153 Å². The molecule has 0 unspecified atom stereocenters. The molecule has 5 heterocycles. The minimum atomic E-state index is -0.211. The van der Waals surface area contributed by atoms with Gasteiger partial charge in [0.05, 0.1) is 65.9 Å². The molecular formula is C70H85BrClN13O9. The number of aromatic amines is 2. The Morgan fingerprint density at radius 1 is 0.617 bits per heavy atom. The summed E-state index contributed by atoms with van der Waals surface area (Å²) in [4.78, 5) is 31.0. The van der Waals surface area contributed by atoms with Crippen LogP contribution in [0, 0.1) is 91.9 Å². The van der Waals surface area contributed by atoms with Crippen LogP contribution in [-0.4, -0.2) is 92.6 Å². The van der Waals surface area contributed by atoms with Gasteiger partial charge < -0.3 is 39.3 Å². The number of rotatable bonds is 11. The Hall–Kier alpha value is -10.2. The lowest BCUT2D eigenvalue weighted by molar-refractivity contribution is -0.140. The van der Waals surface area contributed by atoms with Crippen molar-refractivity contribution in [2.75, 3.05) is 47.9 Å². The first-order valence-electron chi connectivity index (χ1n) is 29.1. The van der Waals surface area contributed by atoms with Crippen molar-refractivity contribution in [2.45, 2.75) is 96.4 Å². The summed E-state index contributed by atoms with van der Waals surface area (Å²) in [5, 5.41) is 41.8. The summed E-state index contributed by atoms with van der Waals surface area (Å²) in [5.41, 5.74) is 25.2. The summed E-state index contributed by atoms with van der Waals surface area (Å²) >= 11 is 6.26. The molecule has 9 N–H and O–H groups in total. The Kier molecular flexibility index (Phi) is 31.0. The SMILES string of the molecule is Br.CCOC(C)=O.COc1ccc(-c2c(C)[nH]n3c(=O)cc(C)nc23)c(C)c1.COc1ccc(-c2c(C)nn3c(Cl)cc(C)nc23)c(C)c1.COc1ccc(-c2c(N)n[nH]c2C)c(C)c1.COc1ccc(/C(C#N)=C(\C)O)c(C)c1.COc1ccc(CC#N)c(C)c1.NN. The molecule has 0 saturated heterocycles. The molecule has 5 aromatic heterocycles. The smallest absolute Gasteiger partial charge is 0.302 e. The number of ether oxygens (including phenoxy) is 6. The van der Waals surface area contributed by atoms with Gasteiger partial charge in [-0.2, -0.15) is 20.7 Å². The molecule has 498 valence electrons. The zero-order chi connectivity index (χ0) is 69.4. The first kappa shape index (κ1) is 78.1. The molecule has 0 amide bonds. The molecule has 0 spiro atoms. The van der Waals surface area contributed by atoms with E-state index in [-0.39, 0.29) is 34.3 Å². The number of aryl methyl sites for hydroxylation is 10. The minimum Gasteiger partial charge on any atom is -0.511 e. The number of nitrogens with two attached hydrogens (primary N) is 3. The number of anilines is 1. The molecule has 94 heavy (non-hydrogen) atoms. The summed E-state index contributed by atoms with van der Waals surface area (Å²) in [6, 6.07) is 36.3. The van der Waals surface area contributed by atoms with Crippen molar-refractivity contribution >= 4 is 57.2 Å². The topological polar surface area (TPSA) is 327 Å². The van der Waals surface area contributed by atoms with E-state index in [1.165, 1.54) is 24.4 Å². The highest BCUT2D eigenvalue weighted by atomic mass is 79.9. The monoisotopic (exact) mass is 1370 g/mol. The lowest BCUT2D eigenvalue weighted by Gasteiger charge is -2.08. The highest BCUT2D eigenvalue weighted by Crippen LogP contribution is 2.35. The van der Waals surface area contributed by atoms with Crippen molar-refractivity contribution in [3.63, 3.8) is 0 Å². The van der Waals surface area contributed by atoms with E-state index >= 15 is 0 Å². The summed E-state index contributed by atoms with van der Waals surface area (Å²) in [5.74, 6) is 12.4. The average molecular weight is 1370 g/mol. The van der Waals surface area contributed by atoms with Crippen LogP contribution in [-0.2, 0) is 16.0 Å². The normalized spacial score (nSPS) is 10.3. The second kappa shape index (κ2) is 37.4. The average Bonchev–Trinajstić information content (AvgIpc) is 1.62. The van der Waals surface area contributed by atoms with Gasteiger partial charge in [-0.05, 0) is 212 Å². The number of aliphatic hydroxyl groups is 1.